The maximum Gasteiger partial charge on any atom is 0.0947 e. The second-order valence-electron chi connectivity index (χ2n) is 6.56. The van der Waals surface area contributed by atoms with Crippen molar-refractivity contribution < 1.29 is 0 Å². The monoisotopic (exact) mass is 361 g/mol. The molecule has 0 fully saturated rings. The number of thiol groups is 1. The molecule has 3 aromatic carbocycles. The number of hydrogen-bond donors (Lipinski definition) is 2. The lowest BCUT2D eigenvalue weighted by Gasteiger charge is -2.37. The Kier molecular flexibility index (Phi) is 6.93. The molecule has 0 amide bonds. The molecule has 0 spiro atoms. The SMILES string of the molecule is SCCCCCNC(c1ccccc1)(c1ccccc1)c1ccccc1. The van der Waals surface area contributed by atoms with Gasteiger partial charge in [0.05, 0.1) is 5.54 Å². The van der Waals surface area contributed by atoms with Gasteiger partial charge in [-0.2, -0.15) is 12.6 Å². The molecule has 26 heavy (non-hydrogen) atoms. The fourth-order valence-electron chi connectivity index (χ4n) is 3.56. The van der Waals surface area contributed by atoms with Crippen LogP contribution >= 0.6 is 12.6 Å². The topological polar surface area (TPSA) is 12.0 Å². The smallest absolute Gasteiger partial charge is 0.0947 e. The zero-order valence-electron chi connectivity index (χ0n) is 15.1. The summed E-state index contributed by atoms with van der Waals surface area (Å²) in [4.78, 5) is 0. The van der Waals surface area contributed by atoms with E-state index in [-0.39, 0.29) is 5.54 Å². The Morgan fingerprint density at radius 2 is 1.00 bits per heavy atom. The van der Waals surface area contributed by atoms with Crippen LogP contribution in [0.25, 0.3) is 0 Å². The van der Waals surface area contributed by atoms with E-state index in [1.54, 1.807) is 0 Å². The third-order valence-electron chi connectivity index (χ3n) is 4.85. The van der Waals surface area contributed by atoms with E-state index < -0.39 is 0 Å². The van der Waals surface area contributed by atoms with Crippen LogP contribution < -0.4 is 5.32 Å². The highest BCUT2D eigenvalue weighted by Gasteiger charge is 2.35. The lowest BCUT2D eigenvalue weighted by atomic mass is 9.77. The van der Waals surface area contributed by atoms with Crippen molar-refractivity contribution in [3.63, 3.8) is 0 Å². The lowest BCUT2D eigenvalue weighted by molar-refractivity contribution is 0.460. The average Bonchev–Trinajstić information content (AvgIpc) is 2.73. The second kappa shape index (κ2) is 9.61. The Hall–Kier alpha value is -2.03. The average molecular weight is 362 g/mol. The van der Waals surface area contributed by atoms with E-state index in [1.807, 2.05) is 0 Å². The van der Waals surface area contributed by atoms with Crippen molar-refractivity contribution in [1.29, 1.82) is 0 Å². The summed E-state index contributed by atoms with van der Waals surface area (Å²) in [5.41, 5.74) is 3.47. The van der Waals surface area contributed by atoms with E-state index in [0.717, 1.165) is 18.7 Å². The summed E-state index contributed by atoms with van der Waals surface area (Å²) in [5, 5.41) is 3.92. The van der Waals surface area contributed by atoms with Crippen molar-refractivity contribution in [1.82, 2.24) is 5.32 Å². The van der Waals surface area contributed by atoms with E-state index in [2.05, 4.69) is 109 Å². The minimum absolute atomic E-state index is 0.343. The molecule has 1 nitrogen and oxygen atoms in total. The summed E-state index contributed by atoms with van der Waals surface area (Å²) in [6, 6.07) is 32.3. The van der Waals surface area contributed by atoms with E-state index >= 15 is 0 Å². The van der Waals surface area contributed by atoms with Crippen LogP contribution in [0, 0.1) is 0 Å². The van der Waals surface area contributed by atoms with E-state index in [4.69, 9.17) is 0 Å². The molecule has 1 N–H and O–H groups in total. The van der Waals surface area contributed by atoms with Crippen LogP contribution in [0.1, 0.15) is 36.0 Å². The van der Waals surface area contributed by atoms with Gasteiger partial charge in [-0.1, -0.05) is 97.4 Å². The molecule has 0 saturated carbocycles. The molecule has 0 heterocycles. The van der Waals surface area contributed by atoms with Crippen LogP contribution in [-0.4, -0.2) is 12.3 Å². The summed E-state index contributed by atoms with van der Waals surface area (Å²) in [7, 11) is 0. The van der Waals surface area contributed by atoms with Crippen molar-refractivity contribution in [2.45, 2.75) is 24.8 Å². The largest absolute Gasteiger partial charge is 0.300 e. The molecule has 0 aromatic heterocycles. The highest BCUT2D eigenvalue weighted by Crippen LogP contribution is 2.36. The van der Waals surface area contributed by atoms with Gasteiger partial charge >= 0.3 is 0 Å². The number of benzene rings is 3. The van der Waals surface area contributed by atoms with Gasteiger partial charge in [-0.3, -0.25) is 5.32 Å². The minimum Gasteiger partial charge on any atom is -0.300 e. The minimum atomic E-state index is -0.343. The van der Waals surface area contributed by atoms with Crippen molar-refractivity contribution in [2.24, 2.45) is 0 Å². The first-order chi connectivity index (χ1) is 12.9. The predicted molar refractivity (Wildman–Crippen MR) is 115 cm³/mol. The molecule has 134 valence electrons. The Morgan fingerprint density at radius 1 is 0.577 bits per heavy atom. The molecule has 0 radical (unpaired) electrons. The third-order valence-corrected chi connectivity index (χ3v) is 5.16. The third kappa shape index (κ3) is 4.20. The summed E-state index contributed by atoms with van der Waals surface area (Å²) < 4.78 is 0. The maximum atomic E-state index is 4.33. The Morgan fingerprint density at radius 3 is 1.38 bits per heavy atom. The van der Waals surface area contributed by atoms with Crippen LogP contribution in [0.4, 0.5) is 0 Å². The standard InChI is InChI=1S/C24H27NS/c26-20-12-4-11-19-25-24(21-13-5-1-6-14-21,22-15-7-2-8-16-22)23-17-9-3-10-18-23/h1-3,5-10,13-18,25-26H,4,11-12,19-20H2. The first-order valence-corrected chi connectivity index (χ1v) is 10.0. The number of hydrogen-bond acceptors (Lipinski definition) is 2. The van der Waals surface area contributed by atoms with E-state index in [0.29, 0.717) is 0 Å². The van der Waals surface area contributed by atoms with Gasteiger partial charge in [0, 0.05) is 0 Å². The van der Waals surface area contributed by atoms with Crippen LogP contribution in [0.3, 0.4) is 0 Å². The van der Waals surface area contributed by atoms with Crippen LogP contribution in [0.2, 0.25) is 0 Å². The lowest BCUT2D eigenvalue weighted by Crippen LogP contribution is -2.45. The molecular weight excluding hydrogens is 334 g/mol. The molecule has 0 unspecified atom stereocenters. The van der Waals surface area contributed by atoms with Crippen molar-refractivity contribution >= 4 is 12.6 Å². The zero-order chi connectivity index (χ0) is 18.1. The second-order valence-corrected chi connectivity index (χ2v) is 7.01. The molecule has 0 bridgehead atoms. The molecule has 0 aliphatic carbocycles. The van der Waals surface area contributed by atoms with Gasteiger partial charge in [0.2, 0.25) is 0 Å². The van der Waals surface area contributed by atoms with Gasteiger partial charge in [-0.05, 0) is 41.8 Å². The first kappa shape index (κ1) is 18.8. The highest BCUT2D eigenvalue weighted by molar-refractivity contribution is 7.80. The number of nitrogens with one attached hydrogen (secondary N) is 1. The van der Waals surface area contributed by atoms with Crippen LogP contribution in [0.15, 0.2) is 91.0 Å². The maximum absolute atomic E-state index is 4.33. The Bertz CT molecular complexity index is 659. The first-order valence-electron chi connectivity index (χ1n) is 9.40. The van der Waals surface area contributed by atoms with Crippen molar-refractivity contribution in [2.75, 3.05) is 12.3 Å². The van der Waals surface area contributed by atoms with Crippen molar-refractivity contribution in [3.8, 4) is 0 Å². The normalized spacial score (nSPS) is 11.4. The Labute approximate surface area is 162 Å². The Balaban J connectivity index is 2.06. The number of rotatable bonds is 9. The summed E-state index contributed by atoms with van der Waals surface area (Å²) in [6.45, 7) is 0.965. The molecule has 0 aliphatic heterocycles. The molecule has 3 rings (SSSR count). The fourth-order valence-corrected chi connectivity index (χ4v) is 3.78. The van der Waals surface area contributed by atoms with E-state index in [9.17, 15) is 0 Å². The molecule has 0 atom stereocenters. The molecule has 2 heteroatoms. The number of unbranched alkanes of at least 4 members (excludes halogenated alkanes) is 2. The van der Waals surface area contributed by atoms with E-state index in [1.165, 1.54) is 29.5 Å². The highest BCUT2D eigenvalue weighted by atomic mass is 32.1. The molecular formula is C24H27NS. The van der Waals surface area contributed by atoms with Gasteiger partial charge in [0.25, 0.3) is 0 Å². The van der Waals surface area contributed by atoms with Gasteiger partial charge in [0.15, 0.2) is 0 Å². The van der Waals surface area contributed by atoms with Crippen LogP contribution in [-0.2, 0) is 5.54 Å². The zero-order valence-corrected chi connectivity index (χ0v) is 16.0. The van der Waals surface area contributed by atoms with Gasteiger partial charge in [-0.15, -0.1) is 0 Å². The molecule has 3 aromatic rings. The molecule has 0 aliphatic rings. The fraction of sp³-hybridized carbons (Fsp3) is 0.250. The summed E-state index contributed by atoms with van der Waals surface area (Å²) in [6.07, 6.45) is 3.51. The summed E-state index contributed by atoms with van der Waals surface area (Å²) >= 11 is 4.33. The summed E-state index contributed by atoms with van der Waals surface area (Å²) in [5.74, 6) is 0.960. The van der Waals surface area contributed by atoms with Gasteiger partial charge in [0.1, 0.15) is 0 Å². The quantitative estimate of drug-likeness (QED) is 0.284. The van der Waals surface area contributed by atoms with Gasteiger partial charge < -0.3 is 0 Å². The van der Waals surface area contributed by atoms with Gasteiger partial charge in [-0.25, -0.2) is 0 Å². The van der Waals surface area contributed by atoms with Crippen LogP contribution in [0.5, 0.6) is 0 Å². The van der Waals surface area contributed by atoms with Crippen molar-refractivity contribution in [3.05, 3.63) is 108 Å². The predicted octanol–water partition coefficient (Wildman–Crippen LogP) is 5.67. The molecule has 0 saturated heterocycles.